The summed E-state index contributed by atoms with van der Waals surface area (Å²) in [6.45, 7) is 38.8. The Morgan fingerprint density at radius 3 is 1.43 bits per heavy atom. The highest BCUT2D eigenvalue weighted by atomic mass is 28.3. The first kappa shape index (κ1) is 53.6. The van der Waals surface area contributed by atoms with E-state index in [9.17, 15) is 0 Å². The lowest BCUT2D eigenvalue weighted by molar-refractivity contribution is 0.333. The lowest BCUT2D eigenvalue weighted by atomic mass is 9.83. The van der Waals surface area contributed by atoms with Crippen LogP contribution < -0.4 is 0 Å². The Morgan fingerprint density at radius 2 is 1.08 bits per heavy atom. The molecule has 0 radical (unpaired) electrons. The van der Waals surface area contributed by atoms with E-state index in [1.807, 2.05) is 20.8 Å². The Hall–Kier alpha value is -1.54. The molecule has 5 unspecified atom stereocenters. The van der Waals surface area contributed by atoms with Crippen molar-refractivity contribution in [3.63, 3.8) is 0 Å². The van der Waals surface area contributed by atoms with Crippen LogP contribution in [0.25, 0.3) is 0 Å². The Morgan fingerprint density at radius 1 is 0.585 bits per heavy atom. The minimum atomic E-state index is -1.55. The Kier molecular flexibility index (Phi) is 33.0. The van der Waals surface area contributed by atoms with Crippen molar-refractivity contribution in [2.45, 2.75) is 237 Å². The molecule has 2 saturated carbocycles. The first-order chi connectivity index (χ1) is 25.0. The van der Waals surface area contributed by atoms with Crippen molar-refractivity contribution in [2.75, 3.05) is 0 Å². The summed E-state index contributed by atoms with van der Waals surface area (Å²) >= 11 is 0. The zero-order chi connectivity index (χ0) is 40.8. The summed E-state index contributed by atoms with van der Waals surface area (Å²) in [7, 11) is -1.55. The van der Waals surface area contributed by atoms with Crippen LogP contribution in [0.2, 0.25) is 16.6 Å². The molecule has 53 heavy (non-hydrogen) atoms. The fourth-order valence-corrected chi connectivity index (χ4v) is 14.0. The van der Waals surface area contributed by atoms with E-state index in [1.54, 1.807) is 0 Å². The maximum absolute atomic E-state index is 3.95. The van der Waals surface area contributed by atoms with Gasteiger partial charge in [-0.15, -0.1) is 47.0 Å². The quantitative estimate of drug-likeness (QED) is 0.100. The Bertz CT molecular complexity index is 1060. The predicted molar refractivity (Wildman–Crippen MR) is 246 cm³/mol. The van der Waals surface area contributed by atoms with Gasteiger partial charge in [0.1, 0.15) is 8.07 Å². The van der Waals surface area contributed by atoms with Crippen LogP contribution in [0.1, 0.15) is 220 Å². The number of hydrogen-bond acceptors (Lipinski definition) is 0. The summed E-state index contributed by atoms with van der Waals surface area (Å²) in [5.41, 5.74) is 6.19. The second-order valence-corrected chi connectivity index (χ2v) is 24.5. The molecule has 1 heteroatoms. The van der Waals surface area contributed by atoms with Gasteiger partial charge in [-0.1, -0.05) is 148 Å². The third-order valence-corrected chi connectivity index (χ3v) is 18.0. The first-order valence-electron chi connectivity index (χ1n) is 22.8. The molecular formula is C52H94Si. The lowest BCUT2D eigenvalue weighted by Crippen LogP contribution is -2.43. The van der Waals surface area contributed by atoms with E-state index < -0.39 is 8.07 Å². The van der Waals surface area contributed by atoms with Gasteiger partial charge in [0.15, 0.2) is 0 Å². The monoisotopic (exact) mass is 747 g/mol. The van der Waals surface area contributed by atoms with Crippen LogP contribution >= 0.6 is 0 Å². The maximum atomic E-state index is 3.95. The molecule has 0 saturated heterocycles. The molecule has 2 rings (SSSR count). The van der Waals surface area contributed by atoms with Crippen LogP contribution in [0.3, 0.4) is 0 Å². The summed E-state index contributed by atoms with van der Waals surface area (Å²) in [6.07, 6.45) is 21.3. The molecule has 6 atom stereocenters. The molecular weight excluding hydrogens is 653 g/mol. The zero-order valence-corrected chi connectivity index (χ0v) is 40.2. The van der Waals surface area contributed by atoms with Gasteiger partial charge in [0.25, 0.3) is 0 Å². The molecule has 2 fully saturated rings. The van der Waals surface area contributed by atoms with Gasteiger partial charge in [0.05, 0.1) is 0 Å². The number of rotatable bonds is 13. The fourth-order valence-electron chi connectivity index (χ4n) is 8.65. The lowest BCUT2D eigenvalue weighted by Gasteiger charge is -2.38. The summed E-state index contributed by atoms with van der Waals surface area (Å²) in [5.74, 6) is 28.7. The highest BCUT2D eigenvalue weighted by molar-refractivity contribution is 6.90. The minimum Gasteiger partial charge on any atom is -0.130 e. The molecule has 0 aromatic carbocycles. The molecule has 0 nitrogen and oxygen atoms in total. The van der Waals surface area contributed by atoms with E-state index in [0.29, 0.717) is 17.8 Å². The van der Waals surface area contributed by atoms with E-state index in [0.717, 1.165) is 52.6 Å². The molecule has 2 aliphatic carbocycles. The van der Waals surface area contributed by atoms with Gasteiger partial charge in [0, 0.05) is 24.2 Å². The summed E-state index contributed by atoms with van der Waals surface area (Å²) in [5, 5.41) is 0. The van der Waals surface area contributed by atoms with Crippen LogP contribution in [0.5, 0.6) is 0 Å². The Labute approximate surface area is 338 Å². The predicted octanol–water partition coefficient (Wildman–Crippen LogP) is 16.6. The summed E-state index contributed by atoms with van der Waals surface area (Å²) < 4.78 is 0. The molecule has 306 valence electrons. The summed E-state index contributed by atoms with van der Waals surface area (Å²) in [4.78, 5) is 0. The highest BCUT2D eigenvalue weighted by Gasteiger charge is 2.41. The van der Waals surface area contributed by atoms with Crippen molar-refractivity contribution < 1.29 is 0 Å². The second-order valence-electron chi connectivity index (χ2n) is 18.9. The molecule has 0 N–H and O–H groups in total. The van der Waals surface area contributed by atoms with Crippen molar-refractivity contribution in [3.8, 4) is 47.0 Å². The van der Waals surface area contributed by atoms with Gasteiger partial charge < -0.3 is 0 Å². The third-order valence-electron chi connectivity index (χ3n) is 11.7. The van der Waals surface area contributed by atoms with Gasteiger partial charge in [-0.2, -0.15) is 0 Å². The molecule has 0 heterocycles. The van der Waals surface area contributed by atoms with Crippen LogP contribution in [-0.2, 0) is 0 Å². The molecule has 0 aromatic rings. The fraction of sp³-hybridized carbons (Fsp3) is 0.846. The van der Waals surface area contributed by atoms with E-state index >= 15 is 0 Å². The average Bonchev–Trinajstić information content (AvgIpc) is 3.07. The van der Waals surface area contributed by atoms with Crippen LogP contribution in [-0.4, -0.2) is 8.07 Å². The minimum absolute atomic E-state index is 0.620. The van der Waals surface area contributed by atoms with Crippen molar-refractivity contribution >= 4 is 8.07 Å². The van der Waals surface area contributed by atoms with Crippen molar-refractivity contribution in [1.29, 1.82) is 0 Å². The molecule has 0 bridgehead atoms. The zero-order valence-electron chi connectivity index (χ0n) is 39.2. The second kappa shape index (κ2) is 32.7. The van der Waals surface area contributed by atoms with Crippen molar-refractivity contribution in [1.82, 2.24) is 0 Å². The summed E-state index contributed by atoms with van der Waals surface area (Å²) in [6, 6.07) is 0. The largest absolute Gasteiger partial charge is 0.145 e. The first-order valence-corrected chi connectivity index (χ1v) is 25.0. The molecule has 0 aliphatic heterocycles. The average molecular weight is 747 g/mol. The number of unbranched alkanes of at least 4 members (excludes halogenated alkanes) is 2. The van der Waals surface area contributed by atoms with Gasteiger partial charge in [-0.05, 0) is 112 Å². The molecule has 0 amide bonds. The van der Waals surface area contributed by atoms with Gasteiger partial charge >= 0.3 is 0 Å². The van der Waals surface area contributed by atoms with E-state index in [-0.39, 0.29) is 0 Å². The van der Waals surface area contributed by atoms with Crippen LogP contribution in [0, 0.1) is 94.3 Å². The number of hydrogen-bond donors (Lipinski definition) is 0. The van der Waals surface area contributed by atoms with Gasteiger partial charge in [0.2, 0.25) is 0 Å². The van der Waals surface area contributed by atoms with E-state index in [1.165, 1.54) is 96.3 Å². The topological polar surface area (TPSA) is 0 Å². The van der Waals surface area contributed by atoms with Crippen LogP contribution in [0.4, 0.5) is 0 Å². The highest BCUT2D eigenvalue weighted by Crippen LogP contribution is 2.41. The SMILES string of the molecule is CC#CC1CCCC(C)C1.CC#CC1CCC[C@H](C)C1.CC#CCC(C)CCC(C)C.CCCCCC(C#C[Si](C(C)C)(C(C)C)C(C)C)CC(C)C. The third kappa shape index (κ3) is 26.8. The smallest absolute Gasteiger partial charge is 0.130 e. The standard InChI is InChI=1S/C21H42Si.C11H20.2C10H16/c1-10-11-12-13-21(16-17(2)3)14-15-22(18(4)5,19(6)7)20(8)9;1-5-6-7-11(4)9-8-10(2)3;2*1-3-5-10-7-4-6-9(2)8-10/h17-21H,10-13,16H2,1-9H3;10-11H,7-9H2,1-4H3;2*9-10H,4,6-8H2,1-2H3/t;;9-,10?;/m..0./s1. The maximum Gasteiger partial charge on any atom is 0.145 e. The van der Waals surface area contributed by atoms with Crippen molar-refractivity contribution in [3.05, 3.63) is 0 Å². The Balaban J connectivity index is 0. The van der Waals surface area contributed by atoms with Gasteiger partial charge in [-0.25, -0.2) is 0 Å². The van der Waals surface area contributed by atoms with Gasteiger partial charge in [-0.3, -0.25) is 0 Å². The van der Waals surface area contributed by atoms with E-state index in [2.05, 4.69) is 144 Å². The molecule has 0 aromatic heterocycles. The van der Waals surface area contributed by atoms with Crippen LogP contribution in [0.15, 0.2) is 0 Å². The molecule has 0 spiro atoms. The van der Waals surface area contributed by atoms with E-state index in [4.69, 9.17) is 0 Å². The molecule has 2 aliphatic rings. The normalized spacial score (nSPS) is 20.6. The van der Waals surface area contributed by atoms with Crippen molar-refractivity contribution in [2.24, 2.45) is 47.3 Å².